The number of piperazine rings is 1. The topological polar surface area (TPSA) is 82.2 Å². The summed E-state index contributed by atoms with van der Waals surface area (Å²) in [6.45, 7) is 5.52. The molecule has 2 N–H and O–H groups in total. The van der Waals surface area contributed by atoms with Crippen molar-refractivity contribution in [2.45, 2.75) is 32.1 Å². The van der Waals surface area contributed by atoms with Gasteiger partial charge in [-0.2, -0.15) is 9.97 Å². The second kappa shape index (κ2) is 9.09. The third kappa shape index (κ3) is 4.68. The number of halogens is 1. The molecule has 0 bridgehead atoms. The Bertz CT molecular complexity index is 1360. The maximum Gasteiger partial charge on any atom is 0.326 e. The number of likely N-dealkylation sites (N-methyl/N-ethyl adjacent to an activating group) is 1. The Hall–Kier alpha value is -3.24. The van der Waals surface area contributed by atoms with Crippen molar-refractivity contribution in [3.63, 3.8) is 0 Å². The van der Waals surface area contributed by atoms with Crippen molar-refractivity contribution in [1.29, 1.82) is 0 Å². The van der Waals surface area contributed by atoms with E-state index in [2.05, 4.69) is 42.1 Å². The van der Waals surface area contributed by atoms with Gasteiger partial charge < -0.3 is 24.8 Å². The van der Waals surface area contributed by atoms with E-state index < -0.39 is 5.82 Å². The van der Waals surface area contributed by atoms with Crippen molar-refractivity contribution in [2.24, 2.45) is 0 Å². The van der Waals surface area contributed by atoms with Crippen LogP contribution in [-0.4, -0.2) is 58.1 Å². The number of aromatic amines is 1. The summed E-state index contributed by atoms with van der Waals surface area (Å²) in [6, 6.07) is 7.10. The number of nitrogens with zero attached hydrogens (tertiary/aromatic N) is 5. The Kier molecular flexibility index (Phi) is 5.77. The van der Waals surface area contributed by atoms with Gasteiger partial charge in [0.1, 0.15) is 11.6 Å². The van der Waals surface area contributed by atoms with Crippen LogP contribution in [0.5, 0.6) is 11.8 Å². The van der Waals surface area contributed by atoms with E-state index in [0.29, 0.717) is 11.7 Å². The number of thiazole rings is 1. The van der Waals surface area contributed by atoms with Gasteiger partial charge >= 0.3 is 6.01 Å². The number of H-pyrrole nitrogens is 1. The first-order chi connectivity index (χ1) is 17.0. The molecule has 0 amide bonds. The van der Waals surface area contributed by atoms with Crippen LogP contribution in [0.15, 0.2) is 30.5 Å². The first-order valence-corrected chi connectivity index (χ1v) is 12.8. The zero-order valence-corrected chi connectivity index (χ0v) is 20.7. The van der Waals surface area contributed by atoms with Gasteiger partial charge in [-0.1, -0.05) is 6.42 Å². The minimum Gasteiger partial charge on any atom is -0.421 e. The fourth-order valence-electron chi connectivity index (χ4n) is 4.51. The van der Waals surface area contributed by atoms with E-state index in [-0.39, 0.29) is 11.8 Å². The first kappa shape index (κ1) is 22.2. The van der Waals surface area contributed by atoms with Crippen LogP contribution in [0.25, 0.3) is 10.9 Å². The summed E-state index contributed by atoms with van der Waals surface area (Å²) in [4.78, 5) is 22.7. The van der Waals surface area contributed by atoms with E-state index in [9.17, 15) is 4.39 Å². The van der Waals surface area contributed by atoms with Crippen LogP contribution in [0.2, 0.25) is 0 Å². The molecule has 1 aliphatic carbocycles. The molecule has 4 heterocycles. The van der Waals surface area contributed by atoms with Crippen molar-refractivity contribution in [3.05, 3.63) is 46.9 Å². The normalized spacial score (nSPS) is 17.1. The summed E-state index contributed by atoms with van der Waals surface area (Å²) in [5.74, 6) is 1.59. The van der Waals surface area contributed by atoms with Gasteiger partial charge in [0.15, 0.2) is 16.7 Å². The molecule has 1 saturated carbocycles. The molecule has 0 atom stereocenters. The molecule has 0 radical (unpaired) electrons. The zero-order chi connectivity index (χ0) is 23.9. The molecule has 3 aromatic heterocycles. The molecule has 0 spiro atoms. The van der Waals surface area contributed by atoms with E-state index in [1.165, 1.54) is 30.2 Å². The molecule has 1 saturated heterocycles. The number of ether oxygens (including phenoxy) is 1. The molecule has 182 valence electrons. The SMILES string of the molecule is Cc1cc2cc(Oc3nc(Nc4ncc(C5CCC5)s4)cc(N4CCN(C)CC4)n3)c(F)cc2[nH]1. The fraction of sp³-hybridized carbons (Fsp3) is 0.400. The summed E-state index contributed by atoms with van der Waals surface area (Å²) >= 11 is 1.66. The van der Waals surface area contributed by atoms with Crippen LogP contribution in [0, 0.1) is 12.7 Å². The van der Waals surface area contributed by atoms with Gasteiger partial charge in [0.25, 0.3) is 0 Å². The highest BCUT2D eigenvalue weighted by Gasteiger charge is 2.23. The summed E-state index contributed by atoms with van der Waals surface area (Å²) < 4.78 is 20.8. The Balaban J connectivity index is 1.31. The van der Waals surface area contributed by atoms with E-state index in [1.54, 1.807) is 17.4 Å². The molecule has 1 aromatic carbocycles. The lowest BCUT2D eigenvalue weighted by Crippen LogP contribution is -2.44. The quantitative estimate of drug-likeness (QED) is 0.371. The van der Waals surface area contributed by atoms with E-state index >= 15 is 0 Å². The lowest BCUT2D eigenvalue weighted by Gasteiger charge is -2.33. The molecule has 2 aliphatic rings. The van der Waals surface area contributed by atoms with Gasteiger partial charge in [-0.25, -0.2) is 9.37 Å². The molecule has 35 heavy (non-hydrogen) atoms. The summed E-state index contributed by atoms with van der Waals surface area (Å²) in [6.07, 6.45) is 5.71. The maximum absolute atomic E-state index is 14.8. The van der Waals surface area contributed by atoms with Crippen LogP contribution < -0.4 is 15.0 Å². The summed E-state index contributed by atoms with van der Waals surface area (Å²) in [5.41, 5.74) is 1.69. The second-order valence-electron chi connectivity index (χ2n) is 9.43. The fourth-order valence-corrected chi connectivity index (χ4v) is 5.50. The van der Waals surface area contributed by atoms with Crippen molar-refractivity contribution in [2.75, 3.05) is 43.4 Å². The van der Waals surface area contributed by atoms with Crippen molar-refractivity contribution in [3.8, 4) is 11.8 Å². The van der Waals surface area contributed by atoms with E-state index in [0.717, 1.165) is 53.7 Å². The monoisotopic (exact) mass is 493 g/mol. The predicted octanol–water partition coefficient (Wildman–Crippen LogP) is 5.42. The number of fused-ring (bicyclic) bond motifs is 1. The van der Waals surface area contributed by atoms with Gasteiger partial charge in [-0.3, -0.25) is 0 Å². The van der Waals surface area contributed by atoms with Crippen molar-refractivity contribution >= 4 is 39.0 Å². The lowest BCUT2D eigenvalue weighted by atomic mass is 9.85. The average molecular weight is 494 g/mol. The zero-order valence-electron chi connectivity index (χ0n) is 19.8. The third-order valence-corrected chi connectivity index (χ3v) is 7.87. The van der Waals surface area contributed by atoms with E-state index in [4.69, 9.17) is 4.74 Å². The first-order valence-electron chi connectivity index (χ1n) is 12.0. The Morgan fingerprint density at radius 2 is 1.94 bits per heavy atom. The van der Waals surface area contributed by atoms with Gasteiger partial charge in [-0.05, 0) is 44.9 Å². The van der Waals surface area contributed by atoms with Crippen LogP contribution >= 0.6 is 11.3 Å². The number of nitrogens with one attached hydrogen (secondary N) is 2. The number of rotatable bonds is 6. The van der Waals surface area contributed by atoms with E-state index in [1.807, 2.05) is 25.3 Å². The highest BCUT2D eigenvalue weighted by atomic mass is 32.1. The van der Waals surface area contributed by atoms with Gasteiger partial charge in [0.2, 0.25) is 0 Å². The molecule has 1 aliphatic heterocycles. The predicted molar refractivity (Wildman–Crippen MR) is 137 cm³/mol. The summed E-state index contributed by atoms with van der Waals surface area (Å²) in [7, 11) is 2.11. The van der Waals surface area contributed by atoms with Crippen LogP contribution in [-0.2, 0) is 0 Å². The number of aryl methyl sites for hydroxylation is 1. The smallest absolute Gasteiger partial charge is 0.326 e. The molecule has 4 aromatic rings. The van der Waals surface area contributed by atoms with Gasteiger partial charge in [0, 0.05) is 66.0 Å². The molecule has 6 rings (SSSR count). The van der Waals surface area contributed by atoms with Crippen LogP contribution in [0.4, 0.5) is 21.2 Å². The molecule has 0 unspecified atom stereocenters. The largest absolute Gasteiger partial charge is 0.421 e. The standard InChI is InChI=1S/C25H28FN7OS/c1-15-10-17-11-20(18(26)12-19(17)28-15)34-24-29-22(13-23(31-24)33-8-6-32(2)7-9-33)30-25-27-14-21(35-25)16-4-3-5-16/h10-14,16,28H,3-9H2,1-2H3,(H,27,29,30,31). The van der Waals surface area contributed by atoms with Crippen LogP contribution in [0.3, 0.4) is 0 Å². The Morgan fingerprint density at radius 1 is 1.11 bits per heavy atom. The Labute approximate surface area is 207 Å². The molecule has 2 fully saturated rings. The highest BCUT2D eigenvalue weighted by molar-refractivity contribution is 7.15. The molecule has 8 nitrogen and oxygen atoms in total. The van der Waals surface area contributed by atoms with Crippen molar-refractivity contribution < 1.29 is 9.13 Å². The minimum absolute atomic E-state index is 0.0968. The highest BCUT2D eigenvalue weighted by Crippen LogP contribution is 2.40. The number of hydrogen-bond donors (Lipinski definition) is 2. The number of benzene rings is 1. The van der Waals surface area contributed by atoms with Crippen molar-refractivity contribution in [1.82, 2.24) is 24.8 Å². The molecule has 10 heteroatoms. The number of hydrogen-bond acceptors (Lipinski definition) is 8. The third-order valence-electron chi connectivity index (χ3n) is 6.79. The second-order valence-corrected chi connectivity index (χ2v) is 10.5. The average Bonchev–Trinajstić information content (AvgIpc) is 3.38. The number of anilines is 3. The Morgan fingerprint density at radius 3 is 2.71 bits per heavy atom. The lowest BCUT2D eigenvalue weighted by molar-refractivity contribution is 0.311. The van der Waals surface area contributed by atoms with Crippen LogP contribution in [0.1, 0.15) is 35.8 Å². The summed E-state index contributed by atoms with van der Waals surface area (Å²) in [5, 5.41) is 4.99. The van der Waals surface area contributed by atoms with Gasteiger partial charge in [-0.15, -0.1) is 11.3 Å². The maximum atomic E-state index is 14.8. The number of aromatic nitrogens is 4. The molecular formula is C25H28FN7OS. The molecular weight excluding hydrogens is 465 g/mol. The van der Waals surface area contributed by atoms with Gasteiger partial charge in [0.05, 0.1) is 0 Å². The minimum atomic E-state index is -0.465.